The van der Waals surface area contributed by atoms with Gasteiger partial charge in [-0.2, -0.15) is 0 Å². The van der Waals surface area contributed by atoms with Crippen LogP contribution in [0.5, 0.6) is 0 Å². The summed E-state index contributed by atoms with van der Waals surface area (Å²) in [6.07, 6.45) is 48.8. The predicted octanol–water partition coefficient (Wildman–Crippen LogP) is 21.7. The summed E-state index contributed by atoms with van der Waals surface area (Å²) in [6.45, 7) is 14.1. The van der Waals surface area contributed by atoms with Crippen molar-refractivity contribution in [1.82, 2.24) is 0 Å². The Balaban J connectivity index is 5.21. The number of phosphoric ester groups is 2. The Kier molecular flexibility index (Phi) is 63.1. The van der Waals surface area contributed by atoms with Gasteiger partial charge in [0.1, 0.15) is 19.3 Å². The zero-order chi connectivity index (χ0) is 69.6. The van der Waals surface area contributed by atoms with Crippen LogP contribution in [0.3, 0.4) is 0 Å². The Morgan fingerprint density at radius 1 is 0.298 bits per heavy atom. The van der Waals surface area contributed by atoms with Crippen LogP contribution in [0.15, 0.2) is 0 Å². The van der Waals surface area contributed by atoms with E-state index in [9.17, 15) is 43.2 Å². The van der Waals surface area contributed by atoms with E-state index in [2.05, 4.69) is 55.4 Å². The first-order valence-corrected chi connectivity index (χ1v) is 41.7. The fourth-order valence-corrected chi connectivity index (χ4v) is 12.9. The number of hydrogen-bond acceptors (Lipinski definition) is 15. The van der Waals surface area contributed by atoms with Crippen molar-refractivity contribution in [2.45, 2.75) is 395 Å². The molecule has 3 N–H and O–H groups in total. The molecular formula is C75H146O17P2. The van der Waals surface area contributed by atoms with Gasteiger partial charge in [-0.15, -0.1) is 0 Å². The summed E-state index contributed by atoms with van der Waals surface area (Å²) in [6, 6.07) is 0. The lowest BCUT2D eigenvalue weighted by Gasteiger charge is -2.21. The molecule has 94 heavy (non-hydrogen) atoms. The molecule has 0 aliphatic heterocycles. The van der Waals surface area contributed by atoms with Crippen LogP contribution >= 0.6 is 15.6 Å². The minimum Gasteiger partial charge on any atom is -0.462 e. The van der Waals surface area contributed by atoms with E-state index in [1.54, 1.807) is 0 Å². The van der Waals surface area contributed by atoms with E-state index in [4.69, 9.17) is 37.0 Å². The molecule has 0 fully saturated rings. The molecule has 0 aliphatic rings. The predicted molar refractivity (Wildman–Crippen MR) is 381 cm³/mol. The monoisotopic (exact) mass is 1380 g/mol. The lowest BCUT2D eigenvalue weighted by molar-refractivity contribution is -0.161. The minimum absolute atomic E-state index is 0.101. The molecule has 19 heteroatoms. The summed E-state index contributed by atoms with van der Waals surface area (Å²) in [5.74, 6) is 0.892. The van der Waals surface area contributed by atoms with Gasteiger partial charge in [0.2, 0.25) is 0 Å². The average Bonchev–Trinajstić information content (AvgIpc) is 1.16. The summed E-state index contributed by atoms with van der Waals surface area (Å²) < 4.78 is 68.4. The Hall–Kier alpha value is -1.94. The minimum atomic E-state index is -4.96. The van der Waals surface area contributed by atoms with Crippen LogP contribution in [-0.2, 0) is 65.4 Å². The second kappa shape index (κ2) is 64.4. The van der Waals surface area contributed by atoms with Gasteiger partial charge in [0.05, 0.1) is 26.4 Å². The van der Waals surface area contributed by atoms with Gasteiger partial charge in [0, 0.05) is 25.7 Å². The average molecular weight is 1380 g/mol. The van der Waals surface area contributed by atoms with E-state index >= 15 is 0 Å². The van der Waals surface area contributed by atoms with Crippen molar-refractivity contribution < 1.29 is 80.2 Å². The van der Waals surface area contributed by atoms with E-state index < -0.39 is 97.5 Å². The van der Waals surface area contributed by atoms with Crippen LogP contribution in [0.1, 0.15) is 376 Å². The Morgan fingerprint density at radius 3 is 0.755 bits per heavy atom. The number of phosphoric acid groups is 2. The Morgan fingerprint density at radius 2 is 0.511 bits per heavy atom. The SMILES string of the molecule is CCC(C)CCCCCCCCCCCCCCCCC(=O)OC[C@H](COP(=O)(O)OCC(O)COP(=O)(O)OC[C@@H](COC(=O)CCCCCCCCCC(C)C)OC(=O)CCCCCCCCC(C)C)OC(=O)CCCCCCCCCCCCCCCCC(C)C. The van der Waals surface area contributed by atoms with Gasteiger partial charge < -0.3 is 33.8 Å². The van der Waals surface area contributed by atoms with Crippen molar-refractivity contribution in [1.29, 1.82) is 0 Å². The number of aliphatic hydroxyl groups is 1. The number of esters is 4. The molecule has 6 atom stereocenters. The largest absolute Gasteiger partial charge is 0.472 e. The highest BCUT2D eigenvalue weighted by Crippen LogP contribution is 2.45. The van der Waals surface area contributed by atoms with Gasteiger partial charge in [-0.25, -0.2) is 9.13 Å². The van der Waals surface area contributed by atoms with Crippen molar-refractivity contribution >= 4 is 39.5 Å². The maximum absolute atomic E-state index is 13.1. The fraction of sp³-hybridized carbons (Fsp3) is 0.947. The lowest BCUT2D eigenvalue weighted by atomic mass is 9.99. The van der Waals surface area contributed by atoms with Crippen molar-refractivity contribution in [2.24, 2.45) is 23.7 Å². The molecule has 0 saturated heterocycles. The van der Waals surface area contributed by atoms with Crippen LogP contribution in [0, 0.1) is 23.7 Å². The third-order valence-corrected chi connectivity index (χ3v) is 19.6. The summed E-state index contributed by atoms with van der Waals surface area (Å²) in [5.41, 5.74) is 0. The second-order valence-corrected chi connectivity index (χ2v) is 31.6. The number of ether oxygens (including phenoxy) is 4. The molecule has 0 amide bonds. The van der Waals surface area contributed by atoms with Crippen LogP contribution in [-0.4, -0.2) is 96.7 Å². The quantitative estimate of drug-likeness (QED) is 0.0222. The van der Waals surface area contributed by atoms with Gasteiger partial charge in [-0.1, -0.05) is 325 Å². The van der Waals surface area contributed by atoms with Crippen LogP contribution in [0.25, 0.3) is 0 Å². The number of aliphatic hydroxyl groups excluding tert-OH is 1. The zero-order valence-electron chi connectivity index (χ0n) is 61.6. The number of unbranched alkanes of at least 4 members (excludes halogenated alkanes) is 37. The van der Waals surface area contributed by atoms with Crippen LogP contribution in [0.4, 0.5) is 0 Å². The standard InChI is InChI=1S/C75H146O17P2/c1-9-68(8)54-46-38-29-23-19-15-11-13-16-20-24-30-39-47-55-72(77)85-61-70(91-74(79)57-49-41-31-25-21-17-12-10-14-18-22-27-35-43-51-65(2)3)63-89-93(81,82)87-59-69(76)60-88-94(83,84)90-64-71(92-75(80)58-50-42-34-33-37-45-53-67(6)7)62-86-73(78)56-48-40-32-26-28-36-44-52-66(4)5/h65-71,76H,9-64H2,1-8H3,(H,81,82)(H,83,84)/t68?,69?,70-,71-/m1/s1. The number of rotatable bonds is 72. The first-order chi connectivity index (χ1) is 45.1. The topological polar surface area (TPSA) is 237 Å². The van der Waals surface area contributed by atoms with Crippen molar-refractivity contribution in [3.8, 4) is 0 Å². The van der Waals surface area contributed by atoms with Gasteiger partial charge >= 0.3 is 39.5 Å². The molecule has 0 rings (SSSR count). The summed E-state index contributed by atoms with van der Waals surface area (Å²) >= 11 is 0. The molecule has 0 aromatic rings. The molecule has 4 unspecified atom stereocenters. The van der Waals surface area contributed by atoms with E-state index in [-0.39, 0.29) is 25.7 Å². The lowest BCUT2D eigenvalue weighted by Crippen LogP contribution is -2.30. The van der Waals surface area contributed by atoms with Crippen molar-refractivity contribution in [2.75, 3.05) is 39.6 Å². The highest BCUT2D eigenvalue weighted by molar-refractivity contribution is 7.47. The first-order valence-electron chi connectivity index (χ1n) is 38.7. The second-order valence-electron chi connectivity index (χ2n) is 28.7. The normalized spacial score (nSPS) is 14.4. The van der Waals surface area contributed by atoms with Crippen molar-refractivity contribution in [3.63, 3.8) is 0 Å². The molecule has 0 spiro atoms. The maximum atomic E-state index is 13.1. The molecule has 0 bridgehead atoms. The van der Waals surface area contributed by atoms with E-state index in [1.165, 1.54) is 173 Å². The Labute approximate surface area is 575 Å². The number of hydrogen-bond donors (Lipinski definition) is 3. The fourth-order valence-electron chi connectivity index (χ4n) is 11.3. The number of carbonyl (C=O) groups is 4. The maximum Gasteiger partial charge on any atom is 0.472 e. The van der Waals surface area contributed by atoms with Gasteiger partial charge in [0.15, 0.2) is 12.2 Å². The van der Waals surface area contributed by atoms with Gasteiger partial charge in [-0.3, -0.25) is 37.3 Å². The molecular weight excluding hydrogens is 1230 g/mol. The summed E-state index contributed by atoms with van der Waals surface area (Å²) in [4.78, 5) is 72.7. The molecule has 0 radical (unpaired) electrons. The third kappa shape index (κ3) is 67.3. The molecule has 0 aliphatic carbocycles. The number of carbonyl (C=O) groups excluding carboxylic acids is 4. The molecule has 0 saturated carbocycles. The summed E-state index contributed by atoms with van der Waals surface area (Å²) in [7, 11) is -9.91. The van der Waals surface area contributed by atoms with Crippen molar-refractivity contribution in [3.05, 3.63) is 0 Å². The smallest absolute Gasteiger partial charge is 0.462 e. The van der Waals surface area contributed by atoms with E-state index in [1.807, 2.05) is 0 Å². The zero-order valence-corrected chi connectivity index (χ0v) is 63.4. The molecule has 0 heterocycles. The van der Waals surface area contributed by atoms with Gasteiger partial charge in [-0.05, 0) is 49.4 Å². The van der Waals surface area contributed by atoms with Crippen LogP contribution < -0.4 is 0 Å². The van der Waals surface area contributed by atoms with Gasteiger partial charge in [0.25, 0.3) is 0 Å². The molecule has 0 aromatic carbocycles. The molecule has 0 aromatic heterocycles. The highest BCUT2D eigenvalue weighted by Gasteiger charge is 2.30. The van der Waals surface area contributed by atoms with E-state index in [0.29, 0.717) is 37.5 Å². The van der Waals surface area contributed by atoms with E-state index in [0.717, 1.165) is 108 Å². The Bertz CT molecular complexity index is 1850. The molecule has 17 nitrogen and oxygen atoms in total. The first kappa shape index (κ1) is 92.1. The summed E-state index contributed by atoms with van der Waals surface area (Å²) in [5, 5.41) is 10.6. The third-order valence-electron chi connectivity index (χ3n) is 17.7. The highest BCUT2D eigenvalue weighted by atomic mass is 31.2. The van der Waals surface area contributed by atoms with Crippen LogP contribution in [0.2, 0.25) is 0 Å². The molecule has 558 valence electrons.